The molecule has 0 spiro atoms. The number of nitro groups is 1. The summed E-state index contributed by atoms with van der Waals surface area (Å²) in [5.41, 5.74) is 1.22. The number of benzene rings is 1. The van der Waals surface area contributed by atoms with Crippen LogP contribution in [0.4, 0.5) is 17.1 Å². The maximum Gasteiger partial charge on any atom is 0.293 e. The average Bonchev–Trinajstić information content (AvgIpc) is 2.76. The highest BCUT2D eigenvalue weighted by Gasteiger charge is 2.37. The number of amides is 1. The summed E-state index contributed by atoms with van der Waals surface area (Å²) in [6.45, 7) is 3.79. The summed E-state index contributed by atoms with van der Waals surface area (Å²) in [6, 6.07) is 6.08. The zero-order valence-corrected chi connectivity index (χ0v) is 13.8. The summed E-state index contributed by atoms with van der Waals surface area (Å²) >= 11 is 5.30. The minimum Gasteiger partial charge on any atom is -0.349 e. The standard InChI is InChI=1S/C16H14N4O3S/c1-16(2)10-7-13(20(22)23)12(8-11(10)19-15(16)24)18-14(21)9-3-5-17-6-4-9/h3-8H,1-2H3,(H,18,21)(H,19,24). The van der Waals surface area contributed by atoms with E-state index in [-0.39, 0.29) is 11.4 Å². The van der Waals surface area contributed by atoms with Crippen LogP contribution in [0.2, 0.25) is 0 Å². The van der Waals surface area contributed by atoms with Crippen molar-refractivity contribution in [2.75, 3.05) is 10.6 Å². The smallest absolute Gasteiger partial charge is 0.293 e. The Labute approximate surface area is 143 Å². The molecule has 1 aromatic heterocycles. The van der Waals surface area contributed by atoms with Crippen LogP contribution in [0.1, 0.15) is 29.8 Å². The van der Waals surface area contributed by atoms with Crippen LogP contribution >= 0.6 is 12.2 Å². The van der Waals surface area contributed by atoms with Crippen LogP contribution in [-0.4, -0.2) is 20.8 Å². The van der Waals surface area contributed by atoms with Gasteiger partial charge in [0, 0.05) is 35.1 Å². The Hall–Kier alpha value is -2.87. The maximum absolute atomic E-state index is 12.3. The van der Waals surface area contributed by atoms with E-state index in [1.165, 1.54) is 30.6 Å². The fourth-order valence-electron chi connectivity index (χ4n) is 2.56. The number of nitro benzene ring substituents is 1. The van der Waals surface area contributed by atoms with E-state index < -0.39 is 16.2 Å². The van der Waals surface area contributed by atoms with Crippen LogP contribution in [0.5, 0.6) is 0 Å². The summed E-state index contributed by atoms with van der Waals surface area (Å²) in [7, 11) is 0. The molecule has 0 radical (unpaired) electrons. The van der Waals surface area contributed by atoms with E-state index in [1.54, 1.807) is 6.07 Å². The van der Waals surface area contributed by atoms with Gasteiger partial charge in [-0.2, -0.15) is 0 Å². The number of thiocarbonyl (C=S) groups is 1. The first-order valence-corrected chi connectivity index (χ1v) is 7.57. The van der Waals surface area contributed by atoms with Crippen molar-refractivity contribution in [3.05, 3.63) is 57.9 Å². The predicted molar refractivity (Wildman–Crippen MR) is 94.5 cm³/mol. The van der Waals surface area contributed by atoms with Crippen molar-refractivity contribution >= 4 is 40.2 Å². The number of hydrogen-bond donors (Lipinski definition) is 2. The molecule has 0 unspecified atom stereocenters. The summed E-state index contributed by atoms with van der Waals surface area (Å²) in [4.78, 5) is 27.6. The number of nitrogens with zero attached hydrogens (tertiary/aromatic N) is 2. The Morgan fingerprint density at radius 2 is 2.00 bits per heavy atom. The Morgan fingerprint density at radius 1 is 1.33 bits per heavy atom. The molecule has 7 nitrogen and oxygen atoms in total. The number of anilines is 2. The van der Waals surface area contributed by atoms with Crippen molar-refractivity contribution in [2.45, 2.75) is 19.3 Å². The fraction of sp³-hybridized carbons (Fsp3) is 0.188. The van der Waals surface area contributed by atoms with Gasteiger partial charge in [0.2, 0.25) is 0 Å². The molecular weight excluding hydrogens is 328 g/mol. The normalized spacial score (nSPS) is 14.7. The zero-order chi connectivity index (χ0) is 17.5. The van der Waals surface area contributed by atoms with Gasteiger partial charge in [0.1, 0.15) is 5.69 Å². The van der Waals surface area contributed by atoms with Gasteiger partial charge in [-0.15, -0.1) is 0 Å². The van der Waals surface area contributed by atoms with E-state index in [9.17, 15) is 14.9 Å². The van der Waals surface area contributed by atoms with Gasteiger partial charge >= 0.3 is 0 Å². The first kappa shape index (κ1) is 16.0. The van der Waals surface area contributed by atoms with Gasteiger partial charge in [-0.1, -0.05) is 12.2 Å². The quantitative estimate of drug-likeness (QED) is 0.505. The van der Waals surface area contributed by atoms with Crippen molar-refractivity contribution in [1.29, 1.82) is 0 Å². The van der Waals surface area contributed by atoms with Crippen molar-refractivity contribution in [2.24, 2.45) is 0 Å². The Kier molecular flexibility index (Phi) is 3.76. The molecule has 0 aliphatic carbocycles. The van der Waals surface area contributed by atoms with Gasteiger partial charge in [0.15, 0.2) is 0 Å². The number of hydrogen-bond acceptors (Lipinski definition) is 5. The lowest BCUT2D eigenvalue weighted by atomic mass is 9.86. The highest BCUT2D eigenvalue weighted by Crippen LogP contribution is 2.43. The molecule has 0 bridgehead atoms. The molecule has 0 saturated carbocycles. The van der Waals surface area contributed by atoms with Crippen molar-refractivity contribution in [3.63, 3.8) is 0 Å². The minimum absolute atomic E-state index is 0.119. The van der Waals surface area contributed by atoms with Gasteiger partial charge in [0.05, 0.1) is 9.91 Å². The molecule has 0 saturated heterocycles. The van der Waals surface area contributed by atoms with Crippen molar-refractivity contribution < 1.29 is 9.72 Å². The van der Waals surface area contributed by atoms with Gasteiger partial charge < -0.3 is 10.6 Å². The molecule has 1 aromatic carbocycles. The Morgan fingerprint density at radius 3 is 2.62 bits per heavy atom. The second-order valence-corrected chi connectivity index (χ2v) is 6.35. The third-order valence-electron chi connectivity index (χ3n) is 4.01. The molecule has 0 atom stereocenters. The molecule has 3 rings (SSSR count). The summed E-state index contributed by atoms with van der Waals surface area (Å²) in [5.74, 6) is -0.444. The second kappa shape index (κ2) is 5.64. The molecule has 24 heavy (non-hydrogen) atoms. The number of rotatable bonds is 3. The third kappa shape index (κ3) is 2.61. The van der Waals surface area contributed by atoms with Crippen molar-refractivity contribution in [1.82, 2.24) is 4.98 Å². The molecule has 0 fully saturated rings. The Balaban J connectivity index is 2.03. The molecule has 1 aliphatic heterocycles. The number of fused-ring (bicyclic) bond motifs is 1. The lowest BCUT2D eigenvalue weighted by Gasteiger charge is -2.17. The number of aromatic nitrogens is 1. The fourth-order valence-corrected chi connectivity index (χ4v) is 2.78. The molecule has 122 valence electrons. The molecule has 8 heteroatoms. The first-order valence-electron chi connectivity index (χ1n) is 7.16. The second-order valence-electron chi connectivity index (χ2n) is 5.94. The minimum atomic E-state index is -0.514. The number of carbonyl (C=O) groups is 1. The van der Waals surface area contributed by atoms with E-state index in [4.69, 9.17) is 12.2 Å². The van der Waals surface area contributed by atoms with Crippen LogP contribution in [0.3, 0.4) is 0 Å². The van der Waals surface area contributed by atoms with Gasteiger partial charge in [0.25, 0.3) is 11.6 Å². The molecule has 1 aliphatic rings. The predicted octanol–water partition coefficient (Wildman–Crippen LogP) is 3.27. The monoisotopic (exact) mass is 342 g/mol. The van der Waals surface area contributed by atoms with Gasteiger partial charge in [-0.25, -0.2) is 0 Å². The maximum atomic E-state index is 12.3. The SMILES string of the molecule is CC1(C)C(=S)Nc2cc(NC(=O)c3ccncc3)c([N+](=O)[O-])cc21. The summed E-state index contributed by atoms with van der Waals surface area (Å²) < 4.78 is 0. The largest absolute Gasteiger partial charge is 0.349 e. The van der Waals surface area contributed by atoms with Crippen LogP contribution in [0.15, 0.2) is 36.7 Å². The molecule has 2 aromatic rings. The van der Waals surface area contributed by atoms with Crippen LogP contribution < -0.4 is 10.6 Å². The average molecular weight is 342 g/mol. The lowest BCUT2D eigenvalue weighted by molar-refractivity contribution is -0.384. The number of carbonyl (C=O) groups excluding carboxylic acids is 1. The van der Waals surface area contributed by atoms with Gasteiger partial charge in [-0.05, 0) is 37.6 Å². The zero-order valence-electron chi connectivity index (χ0n) is 13.0. The topological polar surface area (TPSA) is 97.2 Å². The van der Waals surface area contributed by atoms with E-state index in [1.807, 2.05) is 13.8 Å². The highest BCUT2D eigenvalue weighted by atomic mass is 32.1. The number of pyridine rings is 1. The Bertz CT molecular complexity index is 865. The van der Waals surface area contributed by atoms with E-state index >= 15 is 0 Å². The number of nitrogens with one attached hydrogen (secondary N) is 2. The lowest BCUT2D eigenvalue weighted by Crippen LogP contribution is -2.25. The van der Waals surface area contributed by atoms with Gasteiger partial charge in [-0.3, -0.25) is 19.9 Å². The van der Waals surface area contributed by atoms with Crippen molar-refractivity contribution in [3.8, 4) is 0 Å². The highest BCUT2D eigenvalue weighted by molar-refractivity contribution is 7.80. The van der Waals surface area contributed by atoms with E-state index in [2.05, 4.69) is 15.6 Å². The summed E-state index contributed by atoms with van der Waals surface area (Å²) in [5, 5.41) is 17.1. The van der Waals surface area contributed by atoms with Crippen LogP contribution in [0.25, 0.3) is 0 Å². The van der Waals surface area contributed by atoms with Crippen LogP contribution in [-0.2, 0) is 5.41 Å². The summed E-state index contributed by atoms with van der Waals surface area (Å²) in [6.07, 6.45) is 2.96. The van der Waals surface area contributed by atoms with Crippen LogP contribution in [0, 0.1) is 10.1 Å². The first-order chi connectivity index (χ1) is 11.3. The van der Waals surface area contributed by atoms with E-state index in [0.29, 0.717) is 16.2 Å². The third-order valence-corrected chi connectivity index (χ3v) is 4.62. The molecular formula is C16H14N4O3S. The molecule has 2 N–H and O–H groups in total. The molecule has 1 amide bonds. The molecule has 2 heterocycles. The van der Waals surface area contributed by atoms with E-state index in [0.717, 1.165) is 5.56 Å².